The molecule has 0 saturated heterocycles. The van der Waals surface area contributed by atoms with Crippen LogP contribution in [0.3, 0.4) is 0 Å². The molecular weight excluding hydrogens is 336 g/mol. The number of carbonyl (C=O) groups excluding carboxylic acids is 1. The van der Waals surface area contributed by atoms with E-state index >= 15 is 0 Å². The molecule has 0 atom stereocenters. The van der Waals surface area contributed by atoms with Gasteiger partial charge in [-0.2, -0.15) is 0 Å². The van der Waals surface area contributed by atoms with Gasteiger partial charge in [-0.3, -0.25) is 4.79 Å². The number of carbonyl (C=O) groups is 1. The lowest BCUT2D eigenvalue weighted by atomic mass is 10.1. The standard InChI is InChI=1S/C22H28N4O/c1-3-13-26(14-4-2)22(27)17-9-11-23-21(15-17)24-12-10-18-16-25-20-8-6-5-7-19(18)20/h5-9,11,15-16,25H,3-4,10,12-14H2,1-2H3,(H,23,24). The number of H-pyrrole nitrogens is 1. The lowest BCUT2D eigenvalue weighted by Gasteiger charge is -2.21. The quantitative estimate of drug-likeness (QED) is 0.588. The largest absolute Gasteiger partial charge is 0.370 e. The van der Waals surface area contributed by atoms with Crippen molar-refractivity contribution in [3.8, 4) is 0 Å². The number of rotatable bonds is 9. The van der Waals surface area contributed by atoms with E-state index in [4.69, 9.17) is 0 Å². The first-order valence-electron chi connectivity index (χ1n) is 9.77. The second kappa shape index (κ2) is 9.21. The molecule has 1 aromatic carbocycles. The lowest BCUT2D eigenvalue weighted by Crippen LogP contribution is -2.32. The summed E-state index contributed by atoms with van der Waals surface area (Å²) in [4.78, 5) is 22.3. The average Bonchev–Trinajstić information content (AvgIpc) is 3.11. The summed E-state index contributed by atoms with van der Waals surface area (Å²) in [6, 6.07) is 12.0. The Labute approximate surface area is 160 Å². The van der Waals surface area contributed by atoms with Crippen LogP contribution in [0, 0.1) is 0 Å². The van der Waals surface area contributed by atoms with Gasteiger partial charge in [-0.15, -0.1) is 0 Å². The van der Waals surface area contributed by atoms with Crippen molar-refractivity contribution >= 4 is 22.6 Å². The second-order valence-corrected chi connectivity index (χ2v) is 6.76. The Morgan fingerprint density at radius 2 is 1.93 bits per heavy atom. The zero-order valence-electron chi connectivity index (χ0n) is 16.2. The van der Waals surface area contributed by atoms with E-state index in [1.165, 1.54) is 10.9 Å². The van der Waals surface area contributed by atoms with E-state index in [9.17, 15) is 4.79 Å². The third kappa shape index (κ3) is 4.67. The maximum atomic E-state index is 12.8. The van der Waals surface area contributed by atoms with Crippen LogP contribution in [0.15, 0.2) is 48.8 Å². The van der Waals surface area contributed by atoms with Crippen molar-refractivity contribution in [2.45, 2.75) is 33.1 Å². The van der Waals surface area contributed by atoms with Crippen LogP contribution in [0.5, 0.6) is 0 Å². The van der Waals surface area contributed by atoms with Crippen LogP contribution < -0.4 is 5.32 Å². The molecule has 0 aliphatic carbocycles. The van der Waals surface area contributed by atoms with Gasteiger partial charge in [0.1, 0.15) is 5.82 Å². The van der Waals surface area contributed by atoms with E-state index in [0.29, 0.717) is 5.56 Å². The number of anilines is 1. The van der Waals surface area contributed by atoms with Crippen LogP contribution in [-0.2, 0) is 6.42 Å². The Bertz CT molecular complexity index is 881. The Morgan fingerprint density at radius 1 is 1.15 bits per heavy atom. The lowest BCUT2D eigenvalue weighted by molar-refractivity contribution is 0.0755. The average molecular weight is 364 g/mol. The SMILES string of the molecule is CCCN(CCC)C(=O)c1ccnc(NCCc2c[nH]c3ccccc23)c1. The maximum absolute atomic E-state index is 12.8. The number of fused-ring (bicyclic) bond motifs is 1. The Hall–Kier alpha value is -2.82. The van der Waals surface area contributed by atoms with Crippen LogP contribution in [0.1, 0.15) is 42.6 Å². The molecule has 3 rings (SSSR count). The first-order chi connectivity index (χ1) is 13.2. The van der Waals surface area contributed by atoms with E-state index in [1.807, 2.05) is 17.0 Å². The summed E-state index contributed by atoms with van der Waals surface area (Å²) in [5, 5.41) is 4.61. The first kappa shape index (κ1) is 19.0. The predicted octanol–water partition coefficient (Wildman–Crippen LogP) is 4.48. The fourth-order valence-electron chi connectivity index (χ4n) is 3.36. The Kier molecular flexibility index (Phi) is 6.47. The van der Waals surface area contributed by atoms with Gasteiger partial charge in [0.25, 0.3) is 5.91 Å². The van der Waals surface area contributed by atoms with Gasteiger partial charge in [0.05, 0.1) is 0 Å². The topological polar surface area (TPSA) is 61.0 Å². The van der Waals surface area contributed by atoms with Gasteiger partial charge in [0.15, 0.2) is 0 Å². The van der Waals surface area contributed by atoms with E-state index in [-0.39, 0.29) is 5.91 Å². The highest BCUT2D eigenvalue weighted by Gasteiger charge is 2.14. The van der Waals surface area contributed by atoms with Crippen LogP contribution in [0.4, 0.5) is 5.82 Å². The smallest absolute Gasteiger partial charge is 0.254 e. The number of nitrogens with zero attached hydrogens (tertiary/aromatic N) is 2. The number of para-hydroxylation sites is 1. The van der Waals surface area contributed by atoms with Crippen LogP contribution in [0.2, 0.25) is 0 Å². The molecule has 0 aliphatic heterocycles. The molecular formula is C22H28N4O. The van der Waals surface area contributed by atoms with Crippen molar-refractivity contribution in [2.75, 3.05) is 25.0 Å². The predicted molar refractivity (Wildman–Crippen MR) is 111 cm³/mol. The third-order valence-corrected chi connectivity index (χ3v) is 4.66. The molecule has 5 heteroatoms. The molecule has 5 nitrogen and oxygen atoms in total. The molecule has 2 N–H and O–H groups in total. The number of amides is 1. The summed E-state index contributed by atoms with van der Waals surface area (Å²) in [6.45, 7) is 6.54. The monoisotopic (exact) mass is 364 g/mol. The third-order valence-electron chi connectivity index (χ3n) is 4.66. The van der Waals surface area contributed by atoms with E-state index in [0.717, 1.165) is 50.2 Å². The highest BCUT2D eigenvalue weighted by Crippen LogP contribution is 2.18. The van der Waals surface area contributed by atoms with Crippen LogP contribution in [-0.4, -0.2) is 40.4 Å². The van der Waals surface area contributed by atoms with Gasteiger partial charge < -0.3 is 15.2 Å². The number of nitrogens with one attached hydrogen (secondary N) is 2. The molecule has 27 heavy (non-hydrogen) atoms. The number of aromatic nitrogens is 2. The van der Waals surface area contributed by atoms with Crippen molar-refractivity contribution in [1.29, 1.82) is 0 Å². The molecule has 2 aromatic heterocycles. The molecule has 1 amide bonds. The Morgan fingerprint density at radius 3 is 2.70 bits per heavy atom. The van der Waals surface area contributed by atoms with Gasteiger partial charge in [-0.05, 0) is 43.0 Å². The minimum atomic E-state index is 0.0841. The molecule has 0 saturated carbocycles. The number of benzene rings is 1. The van der Waals surface area contributed by atoms with E-state index in [2.05, 4.69) is 53.5 Å². The van der Waals surface area contributed by atoms with Gasteiger partial charge in [0, 0.05) is 48.5 Å². The molecule has 0 bridgehead atoms. The van der Waals surface area contributed by atoms with Gasteiger partial charge in [0.2, 0.25) is 0 Å². The molecule has 0 aliphatic rings. The zero-order chi connectivity index (χ0) is 19.1. The van der Waals surface area contributed by atoms with Gasteiger partial charge in [-0.1, -0.05) is 32.0 Å². The number of hydrogen-bond donors (Lipinski definition) is 2. The second-order valence-electron chi connectivity index (χ2n) is 6.76. The minimum Gasteiger partial charge on any atom is -0.370 e. The summed E-state index contributed by atoms with van der Waals surface area (Å²) in [6.07, 6.45) is 6.59. The number of aromatic amines is 1. The van der Waals surface area contributed by atoms with Crippen molar-refractivity contribution in [3.05, 3.63) is 59.9 Å². The summed E-state index contributed by atoms with van der Waals surface area (Å²) >= 11 is 0. The first-order valence-corrected chi connectivity index (χ1v) is 9.77. The highest BCUT2D eigenvalue weighted by atomic mass is 16.2. The van der Waals surface area contributed by atoms with Crippen molar-refractivity contribution in [2.24, 2.45) is 0 Å². The zero-order valence-corrected chi connectivity index (χ0v) is 16.2. The molecule has 3 aromatic rings. The van der Waals surface area contributed by atoms with Crippen molar-refractivity contribution in [1.82, 2.24) is 14.9 Å². The summed E-state index contributed by atoms with van der Waals surface area (Å²) < 4.78 is 0. The molecule has 0 fully saturated rings. The normalized spacial score (nSPS) is 10.9. The summed E-state index contributed by atoms with van der Waals surface area (Å²) in [5.41, 5.74) is 3.13. The van der Waals surface area contributed by atoms with E-state index in [1.54, 1.807) is 12.3 Å². The summed E-state index contributed by atoms with van der Waals surface area (Å²) in [5.74, 6) is 0.828. The molecule has 142 valence electrons. The van der Waals surface area contributed by atoms with Crippen molar-refractivity contribution in [3.63, 3.8) is 0 Å². The van der Waals surface area contributed by atoms with Crippen LogP contribution in [0.25, 0.3) is 10.9 Å². The molecule has 2 heterocycles. The number of hydrogen-bond acceptors (Lipinski definition) is 3. The van der Waals surface area contributed by atoms with E-state index < -0.39 is 0 Å². The molecule has 0 spiro atoms. The van der Waals surface area contributed by atoms with Crippen molar-refractivity contribution < 1.29 is 4.79 Å². The number of pyridine rings is 1. The highest BCUT2D eigenvalue weighted by molar-refractivity contribution is 5.94. The Balaban J connectivity index is 1.62. The summed E-state index contributed by atoms with van der Waals surface area (Å²) in [7, 11) is 0. The molecule has 0 radical (unpaired) electrons. The fourth-order valence-corrected chi connectivity index (χ4v) is 3.36. The van der Waals surface area contributed by atoms with Gasteiger partial charge >= 0.3 is 0 Å². The molecule has 0 unspecified atom stereocenters. The van der Waals surface area contributed by atoms with Crippen LogP contribution >= 0.6 is 0 Å². The minimum absolute atomic E-state index is 0.0841. The fraction of sp³-hybridized carbons (Fsp3) is 0.364. The maximum Gasteiger partial charge on any atom is 0.254 e. The van der Waals surface area contributed by atoms with Gasteiger partial charge in [-0.25, -0.2) is 4.98 Å².